The van der Waals surface area contributed by atoms with Crippen molar-refractivity contribution < 1.29 is 28.8 Å². The van der Waals surface area contributed by atoms with Crippen molar-refractivity contribution in [1.29, 1.82) is 0 Å². The van der Waals surface area contributed by atoms with Crippen molar-refractivity contribution in [2.45, 2.75) is 19.5 Å². The molecule has 2 aliphatic rings. The highest BCUT2D eigenvalue weighted by molar-refractivity contribution is 6.00. The van der Waals surface area contributed by atoms with E-state index in [2.05, 4.69) is 10.2 Å². The van der Waals surface area contributed by atoms with Crippen LogP contribution in [0, 0.1) is 0 Å². The lowest BCUT2D eigenvalue weighted by Gasteiger charge is -2.27. The summed E-state index contributed by atoms with van der Waals surface area (Å²) in [6.07, 6.45) is 0. The van der Waals surface area contributed by atoms with Crippen molar-refractivity contribution in [3.63, 3.8) is 0 Å². The van der Waals surface area contributed by atoms with Crippen LogP contribution in [0.4, 0.5) is 0 Å². The molecule has 4 aromatic rings. The molecule has 1 aromatic heterocycles. The van der Waals surface area contributed by atoms with Gasteiger partial charge < -0.3 is 29.0 Å². The smallest absolute Gasteiger partial charge is 0.273 e. The number of H-pyrrole nitrogens is 1. The average Bonchev–Trinajstić information content (AvgIpc) is 3.62. The zero-order chi connectivity index (χ0) is 25.5. The highest BCUT2D eigenvalue weighted by atomic mass is 16.7. The Labute approximate surface area is 213 Å². The summed E-state index contributed by atoms with van der Waals surface area (Å²) in [7, 11) is 1.62. The number of hydrogen-bond acceptors (Lipinski definition) is 7. The van der Waals surface area contributed by atoms with Gasteiger partial charge in [-0.15, -0.1) is 0 Å². The summed E-state index contributed by atoms with van der Waals surface area (Å²) in [6, 6.07) is 17.9. The van der Waals surface area contributed by atoms with Gasteiger partial charge in [-0.3, -0.25) is 9.89 Å². The summed E-state index contributed by atoms with van der Waals surface area (Å²) in [5, 5.41) is 17.8. The number of nitrogens with zero attached hydrogens (tertiary/aromatic N) is 2. The zero-order valence-corrected chi connectivity index (χ0v) is 20.4. The summed E-state index contributed by atoms with van der Waals surface area (Å²) in [5.74, 6) is 2.30. The topological polar surface area (TPSA) is 106 Å². The van der Waals surface area contributed by atoms with Crippen LogP contribution in [0.15, 0.2) is 60.7 Å². The van der Waals surface area contributed by atoms with Gasteiger partial charge in [0.1, 0.15) is 11.4 Å². The van der Waals surface area contributed by atoms with E-state index < -0.39 is 6.04 Å². The zero-order valence-electron chi connectivity index (χ0n) is 20.4. The van der Waals surface area contributed by atoms with E-state index in [9.17, 15) is 9.90 Å². The first kappa shape index (κ1) is 22.8. The van der Waals surface area contributed by atoms with E-state index in [0.29, 0.717) is 41.8 Å². The van der Waals surface area contributed by atoms with Crippen LogP contribution in [-0.2, 0) is 6.54 Å². The quantitative estimate of drug-likeness (QED) is 0.381. The Hall–Kier alpha value is -4.66. The molecule has 0 bridgehead atoms. The maximum atomic E-state index is 13.7. The fourth-order valence-electron chi connectivity index (χ4n) is 4.88. The van der Waals surface area contributed by atoms with Gasteiger partial charge in [-0.1, -0.05) is 12.1 Å². The molecule has 0 radical (unpaired) electrons. The molecule has 1 atom stereocenters. The average molecular weight is 500 g/mol. The third-order valence-electron chi connectivity index (χ3n) is 6.62. The maximum Gasteiger partial charge on any atom is 0.273 e. The highest BCUT2D eigenvalue weighted by Crippen LogP contribution is 2.45. The number of methoxy groups -OCH3 is 1. The molecule has 1 unspecified atom stereocenters. The monoisotopic (exact) mass is 499 g/mol. The van der Waals surface area contributed by atoms with Crippen LogP contribution in [0.2, 0.25) is 0 Å². The molecular formula is C28H25N3O6. The van der Waals surface area contributed by atoms with E-state index in [1.54, 1.807) is 24.1 Å². The van der Waals surface area contributed by atoms with Crippen molar-refractivity contribution in [1.82, 2.24) is 15.1 Å². The van der Waals surface area contributed by atoms with Gasteiger partial charge in [-0.25, -0.2) is 0 Å². The predicted octanol–water partition coefficient (Wildman–Crippen LogP) is 4.66. The fraction of sp³-hybridized carbons (Fsp3) is 0.214. The summed E-state index contributed by atoms with van der Waals surface area (Å²) in [5.41, 5.74) is 4.42. The highest BCUT2D eigenvalue weighted by Gasteiger charge is 2.42. The number of nitrogens with one attached hydrogen (secondary N) is 1. The molecule has 0 saturated heterocycles. The van der Waals surface area contributed by atoms with Gasteiger partial charge >= 0.3 is 0 Å². The van der Waals surface area contributed by atoms with Crippen LogP contribution in [0.3, 0.4) is 0 Å². The number of aromatic nitrogens is 2. The second-order valence-corrected chi connectivity index (χ2v) is 8.77. The number of amides is 1. The van der Waals surface area contributed by atoms with Gasteiger partial charge in [0.25, 0.3) is 5.91 Å². The number of carbonyl (C=O) groups is 1. The van der Waals surface area contributed by atoms with Crippen LogP contribution < -0.4 is 18.9 Å². The number of benzene rings is 3. The predicted molar refractivity (Wildman–Crippen MR) is 134 cm³/mol. The molecule has 188 valence electrons. The van der Waals surface area contributed by atoms with Gasteiger partial charge in [0, 0.05) is 17.7 Å². The van der Waals surface area contributed by atoms with Crippen molar-refractivity contribution in [3.8, 4) is 40.0 Å². The normalized spacial score (nSPS) is 15.7. The van der Waals surface area contributed by atoms with Gasteiger partial charge in [0.05, 0.1) is 25.5 Å². The molecule has 1 amide bonds. The molecule has 37 heavy (non-hydrogen) atoms. The first-order valence-electron chi connectivity index (χ1n) is 11.9. The first-order valence-corrected chi connectivity index (χ1v) is 11.9. The van der Waals surface area contributed by atoms with Crippen molar-refractivity contribution in [2.24, 2.45) is 0 Å². The fourth-order valence-corrected chi connectivity index (χ4v) is 4.88. The number of rotatable bonds is 7. The Bertz CT molecular complexity index is 1480. The first-order chi connectivity index (χ1) is 18.1. The summed E-state index contributed by atoms with van der Waals surface area (Å²) in [6.45, 7) is 2.76. The summed E-state index contributed by atoms with van der Waals surface area (Å²) >= 11 is 0. The third-order valence-corrected chi connectivity index (χ3v) is 6.62. The SMILES string of the molecule is CCOc1cc(C2c3c(-c4ccc(OC)cc4)n[nH]c3C(=O)N2Cc2ccc3c(c2)OCO3)ccc1O. The number of phenols is 1. The van der Waals surface area contributed by atoms with Crippen LogP contribution in [0.25, 0.3) is 11.3 Å². The van der Waals surface area contributed by atoms with Crippen molar-refractivity contribution >= 4 is 5.91 Å². The lowest BCUT2D eigenvalue weighted by Crippen LogP contribution is -2.29. The number of carbonyl (C=O) groups excluding carboxylic acids is 1. The molecule has 2 N–H and O–H groups in total. The van der Waals surface area contributed by atoms with E-state index in [4.69, 9.17) is 18.9 Å². The number of aromatic hydroxyl groups is 1. The lowest BCUT2D eigenvalue weighted by molar-refractivity contribution is 0.0729. The van der Waals surface area contributed by atoms with E-state index in [-0.39, 0.29) is 18.4 Å². The Kier molecular flexibility index (Phi) is 5.60. The van der Waals surface area contributed by atoms with Gasteiger partial charge in [-0.05, 0) is 66.6 Å². The number of hydrogen-bond donors (Lipinski definition) is 2. The van der Waals surface area contributed by atoms with E-state index in [1.165, 1.54) is 0 Å². The number of phenolic OH excluding ortho intramolecular Hbond substituents is 1. The van der Waals surface area contributed by atoms with Crippen LogP contribution in [0.5, 0.6) is 28.7 Å². The second kappa shape index (κ2) is 9.09. The molecular weight excluding hydrogens is 474 g/mol. The van der Waals surface area contributed by atoms with Crippen molar-refractivity contribution in [3.05, 3.63) is 83.0 Å². The molecule has 9 heteroatoms. The molecule has 0 saturated carbocycles. The lowest BCUT2D eigenvalue weighted by atomic mass is 9.95. The standard InChI is InChI=1S/C28H25N3O6/c1-3-35-22-13-18(7-10-20(22)32)27-24-25(17-5-8-19(34-2)9-6-17)29-30-26(24)28(33)31(27)14-16-4-11-21-23(12-16)37-15-36-21/h4-13,27,32H,3,14-15H2,1-2H3,(H,29,30). The van der Waals surface area contributed by atoms with Crippen LogP contribution in [0.1, 0.15) is 40.1 Å². The number of ether oxygens (including phenoxy) is 4. The number of fused-ring (bicyclic) bond motifs is 2. The molecule has 2 aliphatic heterocycles. The van der Waals surface area contributed by atoms with E-state index >= 15 is 0 Å². The van der Waals surface area contributed by atoms with Gasteiger partial charge in [0.15, 0.2) is 23.0 Å². The summed E-state index contributed by atoms with van der Waals surface area (Å²) in [4.78, 5) is 15.5. The molecule has 0 aliphatic carbocycles. The Balaban J connectivity index is 1.46. The third kappa shape index (κ3) is 3.88. The van der Waals surface area contributed by atoms with Crippen molar-refractivity contribution in [2.75, 3.05) is 20.5 Å². The minimum atomic E-state index is -0.469. The molecule has 3 aromatic carbocycles. The Morgan fingerprint density at radius 3 is 2.68 bits per heavy atom. The molecule has 0 spiro atoms. The second-order valence-electron chi connectivity index (χ2n) is 8.77. The molecule has 3 heterocycles. The van der Waals surface area contributed by atoms with E-state index in [1.807, 2.05) is 55.5 Å². The van der Waals surface area contributed by atoms with Gasteiger partial charge in [-0.2, -0.15) is 5.10 Å². The Morgan fingerprint density at radius 2 is 1.89 bits per heavy atom. The summed E-state index contributed by atoms with van der Waals surface area (Å²) < 4.78 is 21.9. The molecule has 9 nitrogen and oxygen atoms in total. The largest absolute Gasteiger partial charge is 0.504 e. The maximum absolute atomic E-state index is 13.7. The van der Waals surface area contributed by atoms with Crippen LogP contribution >= 0.6 is 0 Å². The van der Waals surface area contributed by atoms with Gasteiger partial charge in [0.2, 0.25) is 6.79 Å². The minimum absolute atomic E-state index is 0.0417. The van der Waals surface area contributed by atoms with Crippen LogP contribution in [-0.4, -0.2) is 46.6 Å². The Morgan fingerprint density at radius 1 is 1.08 bits per heavy atom. The minimum Gasteiger partial charge on any atom is -0.504 e. The van der Waals surface area contributed by atoms with E-state index in [0.717, 1.165) is 28.0 Å². The molecule has 6 rings (SSSR count). The number of aromatic amines is 1. The molecule has 0 fully saturated rings.